The Morgan fingerprint density at radius 1 is 1.32 bits per heavy atom. The quantitative estimate of drug-likeness (QED) is 0.807. The summed E-state index contributed by atoms with van der Waals surface area (Å²) in [6.45, 7) is 0. The number of carboxylic acids is 1. The van der Waals surface area contributed by atoms with Crippen molar-refractivity contribution in [3.05, 3.63) is 34.9 Å². The molecule has 0 radical (unpaired) electrons. The van der Waals surface area contributed by atoms with Gasteiger partial charge in [0.2, 0.25) is 12.3 Å². The molecule has 120 valence electrons. The first-order valence-electron chi connectivity index (χ1n) is 6.89. The third kappa shape index (κ3) is 3.94. The molecule has 0 bridgehead atoms. The van der Waals surface area contributed by atoms with Crippen LogP contribution < -0.4 is 5.32 Å². The van der Waals surface area contributed by atoms with Crippen molar-refractivity contribution in [2.75, 3.05) is 0 Å². The van der Waals surface area contributed by atoms with Crippen LogP contribution in [-0.2, 0) is 16.0 Å². The number of carboxylic acid groups (broad SMARTS) is 1. The first-order chi connectivity index (χ1) is 10.3. The highest BCUT2D eigenvalue weighted by molar-refractivity contribution is 6.31. The minimum absolute atomic E-state index is 0.375. The lowest BCUT2D eigenvalue weighted by atomic mass is 9.95. The van der Waals surface area contributed by atoms with Gasteiger partial charge in [-0.1, -0.05) is 29.8 Å². The fraction of sp³-hybridized carbons (Fsp3) is 0.467. The van der Waals surface area contributed by atoms with Gasteiger partial charge < -0.3 is 10.4 Å². The van der Waals surface area contributed by atoms with Crippen molar-refractivity contribution in [1.29, 1.82) is 0 Å². The van der Waals surface area contributed by atoms with E-state index in [0.717, 1.165) is 5.56 Å². The lowest BCUT2D eigenvalue weighted by Gasteiger charge is -2.20. The van der Waals surface area contributed by atoms with E-state index in [-0.39, 0.29) is 0 Å². The first kappa shape index (κ1) is 16.7. The van der Waals surface area contributed by atoms with E-state index in [4.69, 9.17) is 16.7 Å². The molecule has 2 rings (SSSR count). The lowest BCUT2D eigenvalue weighted by molar-refractivity contribution is -0.144. The number of rotatable bonds is 7. The molecule has 1 aliphatic carbocycles. The number of carbonyl (C=O) groups is 2. The van der Waals surface area contributed by atoms with E-state index >= 15 is 0 Å². The third-order valence-corrected chi connectivity index (χ3v) is 4.21. The van der Waals surface area contributed by atoms with Crippen molar-refractivity contribution in [1.82, 2.24) is 5.32 Å². The fourth-order valence-corrected chi connectivity index (χ4v) is 2.55. The van der Waals surface area contributed by atoms with E-state index in [9.17, 15) is 18.4 Å². The number of nitrogens with one attached hydrogen (secondary N) is 1. The van der Waals surface area contributed by atoms with Crippen LogP contribution in [0.5, 0.6) is 0 Å². The summed E-state index contributed by atoms with van der Waals surface area (Å²) in [4.78, 5) is 23.2. The second kappa shape index (κ2) is 6.60. The van der Waals surface area contributed by atoms with Crippen molar-refractivity contribution in [3.8, 4) is 0 Å². The molecule has 22 heavy (non-hydrogen) atoms. The molecule has 1 fully saturated rings. The molecule has 1 aliphatic rings. The molecular formula is C15H16ClF2NO3. The molecule has 0 aliphatic heterocycles. The lowest BCUT2D eigenvalue weighted by Crippen LogP contribution is -2.45. The van der Waals surface area contributed by atoms with Gasteiger partial charge in [-0.2, -0.15) is 0 Å². The molecule has 1 aromatic carbocycles. The van der Waals surface area contributed by atoms with Gasteiger partial charge >= 0.3 is 5.97 Å². The maximum atomic E-state index is 12.4. The van der Waals surface area contributed by atoms with E-state index in [1.54, 1.807) is 24.3 Å². The molecule has 1 saturated carbocycles. The van der Waals surface area contributed by atoms with E-state index in [0.29, 0.717) is 24.3 Å². The number of halogens is 3. The van der Waals surface area contributed by atoms with Crippen molar-refractivity contribution in [3.63, 3.8) is 0 Å². The monoisotopic (exact) mass is 331 g/mol. The Labute approximate surface area is 131 Å². The van der Waals surface area contributed by atoms with Crippen LogP contribution in [0.25, 0.3) is 0 Å². The van der Waals surface area contributed by atoms with E-state index in [2.05, 4.69) is 5.32 Å². The van der Waals surface area contributed by atoms with E-state index in [1.807, 2.05) is 0 Å². The molecule has 0 aromatic heterocycles. The molecule has 2 N–H and O–H groups in total. The number of amides is 1. The van der Waals surface area contributed by atoms with Gasteiger partial charge in [-0.3, -0.25) is 4.79 Å². The summed E-state index contributed by atoms with van der Waals surface area (Å²) < 4.78 is 24.8. The summed E-state index contributed by atoms with van der Waals surface area (Å²) in [5.74, 6) is -1.96. The Bertz CT molecular complexity index is 576. The molecule has 1 unspecified atom stereocenters. The zero-order chi connectivity index (χ0) is 16.3. The number of benzene rings is 1. The summed E-state index contributed by atoms with van der Waals surface area (Å²) in [5.41, 5.74) is 0.0541. The Morgan fingerprint density at radius 2 is 1.95 bits per heavy atom. The van der Waals surface area contributed by atoms with Crippen LogP contribution in [0.1, 0.15) is 24.8 Å². The van der Waals surface area contributed by atoms with Crippen LogP contribution >= 0.6 is 11.6 Å². The van der Waals surface area contributed by atoms with Crippen LogP contribution in [-0.4, -0.2) is 29.5 Å². The molecule has 1 aromatic rings. The average Bonchev–Trinajstić information content (AvgIpc) is 3.21. The van der Waals surface area contributed by atoms with Gasteiger partial charge in [0.15, 0.2) is 0 Å². The SMILES string of the molecule is O=C(O)C(CC(F)F)NC(=O)C1(Cc2ccccc2Cl)CC1. The second-order valence-corrected chi connectivity index (χ2v) is 5.95. The van der Waals surface area contributed by atoms with Crippen molar-refractivity contribution in [2.45, 2.75) is 38.2 Å². The van der Waals surface area contributed by atoms with Gasteiger partial charge in [-0.15, -0.1) is 0 Å². The number of carbonyl (C=O) groups excluding carboxylic acids is 1. The summed E-state index contributed by atoms with van der Waals surface area (Å²) in [5, 5.41) is 11.7. The van der Waals surface area contributed by atoms with Crippen molar-refractivity contribution < 1.29 is 23.5 Å². The number of alkyl halides is 2. The highest BCUT2D eigenvalue weighted by atomic mass is 35.5. The Kier molecular flexibility index (Phi) is 5.01. The summed E-state index contributed by atoms with van der Waals surface area (Å²) in [6, 6.07) is 5.50. The molecular weight excluding hydrogens is 316 g/mol. The average molecular weight is 332 g/mol. The largest absolute Gasteiger partial charge is 0.480 e. The summed E-state index contributed by atoms with van der Waals surface area (Å²) in [7, 11) is 0. The molecule has 4 nitrogen and oxygen atoms in total. The number of aliphatic carboxylic acids is 1. The van der Waals surface area contributed by atoms with Crippen LogP contribution in [0, 0.1) is 5.41 Å². The predicted octanol–water partition coefficient (Wildman–Crippen LogP) is 2.89. The van der Waals surface area contributed by atoms with Crippen LogP contribution in [0.15, 0.2) is 24.3 Å². The van der Waals surface area contributed by atoms with Gasteiger partial charge in [-0.05, 0) is 30.9 Å². The van der Waals surface area contributed by atoms with Crippen molar-refractivity contribution >= 4 is 23.5 Å². The smallest absolute Gasteiger partial charge is 0.326 e. The standard InChI is InChI=1S/C15H16ClF2NO3/c16-10-4-2-1-3-9(10)8-15(5-6-15)14(22)19-11(13(20)21)7-12(17)18/h1-4,11-12H,5-8H2,(H,19,22)(H,20,21). The fourth-order valence-electron chi connectivity index (χ4n) is 2.35. The zero-order valence-electron chi connectivity index (χ0n) is 11.7. The summed E-state index contributed by atoms with van der Waals surface area (Å²) in [6.07, 6.45) is -2.14. The normalized spacial score (nSPS) is 17.1. The van der Waals surface area contributed by atoms with Crippen molar-refractivity contribution in [2.24, 2.45) is 5.41 Å². The molecule has 0 spiro atoms. The van der Waals surface area contributed by atoms with Gasteiger partial charge in [0, 0.05) is 11.4 Å². The van der Waals surface area contributed by atoms with E-state index in [1.165, 1.54) is 0 Å². The first-order valence-corrected chi connectivity index (χ1v) is 7.27. The Morgan fingerprint density at radius 3 is 2.45 bits per heavy atom. The van der Waals surface area contributed by atoms with Gasteiger partial charge in [0.05, 0.1) is 5.41 Å². The zero-order valence-corrected chi connectivity index (χ0v) is 12.4. The minimum Gasteiger partial charge on any atom is -0.480 e. The topological polar surface area (TPSA) is 66.4 Å². The minimum atomic E-state index is -2.79. The maximum Gasteiger partial charge on any atom is 0.326 e. The van der Waals surface area contributed by atoms with Crippen LogP contribution in [0.4, 0.5) is 8.78 Å². The highest BCUT2D eigenvalue weighted by Crippen LogP contribution is 2.49. The number of hydrogen-bond donors (Lipinski definition) is 2. The highest BCUT2D eigenvalue weighted by Gasteiger charge is 2.50. The maximum absolute atomic E-state index is 12.4. The molecule has 7 heteroatoms. The van der Waals surface area contributed by atoms with Crippen LogP contribution in [0.2, 0.25) is 5.02 Å². The van der Waals surface area contributed by atoms with E-state index < -0.39 is 36.2 Å². The molecule has 0 saturated heterocycles. The summed E-state index contributed by atoms with van der Waals surface area (Å²) >= 11 is 6.06. The van der Waals surface area contributed by atoms with Crippen LogP contribution in [0.3, 0.4) is 0 Å². The molecule has 0 heterocycles. The van der Waals surface area contributed by atoms with Gasteiger partial charge in [0.25, 0.3) is 0 Å². The van der Waals surface area contributed by atoms with Gasteiger partial charge in [-0.25, -0.2) is 13.6 Å². The predicted molar refractivity (Wildman–Crippen MR) is 77.0 cm³/mol. The molecule has 1 atom stereocenters. The molecule has 1 amide bonds. The second-order valence-electron chi connectivity index (χ2n) is 5.54. The Balaban J connectivity index is 2.05. The van der Waals surface area contributed by atoms with Gasteiger partial charge in [0.1, 0.15) is 6.04 Å². The Hall–Kier alpha value is -1.69. The number of hydrogen-bond acceptors (Lipinski definition) is 2. The third-order valence-electron chi connectivity index (χ3n) is 3.84.